The molecule has 0 N–H and O–H groups in total. The molecule has 0 amide bonds. The van der Waals surface area contributed by atoms with Crippen LogP contribution in [-0.4, -0.2) is 4.98 Å². The molecule has 0 saturated heterocycles. The molecule has 1 aromatic heterocycles. The summed E-state index contributed by atoms with van der Waals surface area (Å²) in [7, 11) is 0. The van der Waals surface area contributed by atoms with Crippen LogP contribution in [0.25, 0.3) is 11.1 Å². The van der Waals surface area contributed by atoms with Crippen molar-refractivity contribution in [2.24, 2.45) is 0 Å². The number of hydrogen-bond acceptors (Lipinski definition) is 1. The lowest BCUT2D eigenvalue weighted by molar-refractivity contribution is 0.584. The smallest absolute Gasteiger partial charge is 0.226 e. The summed E-state index contributed by atoms with van der Waals surface area (Å²) in [6.45, 7) is 0. The molecule has 0 aliphatic carbocycles. The summed E-state index contributed by atoms with van der Waals surface area (Å²) in [6, 6.07) is 4.67. The molecule has 0 bridgehead atoms. The van der Waals surface area contributed by atoms with Crippen LogP contribution in [0.4, 0.5) is 4.39 Å². The maximum atomic E-state index is 12.9. The van der Waals surface area contributed by atoms with Crippen LogP contribution >= 0.6 is 46.4 Å². The normalized spacial score (nSPS) is 10.6. The van der Waals surface area contributed by atoms with Crippen molar-refractivity contribution in [1.29, 1.82) is 0 Å². The molecule has 1 heterocycles. The van der Waals surface area contributed by atoms with Gasteiger partial charge in [-0.15, -0.1) is 0 Å². The molecule has 0 radical (unpaired) electrons. The zero-order chi connectivity index (χ0) is 12.6. The molecule has 6 heteroatoms. The summed E-state index contributed by atoms with van der Waals surface area (Å²) >= 11 is 23.3. The van der Waals surface area contributed by atoms with E-state index in [1.165, 1.54) is 12.3 Å². The van der Waals surface area contributed by atoms with E-state index < -0.39 is 5.95 Å². The zero-order valence-electron chi connectivity index (χ0n) is 8.15. The van der Waals surface area contributed by atoms with Crippen LogP contribution in [0.5, 0.6) is 0 Å². The topological polar surface area (TPSA) is 12.9 Å². The second-order valence-electron chi connectivity index (χ2n) is 3.25. The number of hydrogen-bond donors (Lipinski definition) is 0. The number of nitrogens with zero attached hydrogens (tertiary/aromatic N) is 1. The summed E-state index contributed by atoms with van der Waals surface area (Å²) < 4.78 is 12.9. The van der Waals surface area contributed by atoms with E-state index in [0.717, 1.165) is 0 Å². The third-order valence-electron chi connectivity index (χ3n) is 2.11. The Morgan fingerprint density at radius 1 is 0.824 bits per heavy atom. The third kappa shape index (κ3) is 2.66. The van der Waals surface area contributed by atoms with Gasteiger partial charge in [-0.1, -0.05) is 46.4 Å². The molecule has 2 aromatic rings. The molecule has 0 fully saturated rings. The van der Waals surface area contributed by atoms with Gasteiger partial charge in [0.1, 0.15) is 0 Å². The Morgan fingerprint density at radius 3 is 1.88 bits per heavy atom. The Morgan fingerprint density at radius 2 is 1.35 bits per heavy atom. The Hall–Kier alpha value is -0.540. The van der Waals surface area contributed by atoms with Crippen molar-refractivity contribution < 1.29 is 4.39 Å². The van der Waals surface area contributed by atoms with Crippen molar-refractivity contribution in [3.05, 3.63) is 50.4 Å². The largest absolute Gasteiger partial charge is 0.231 e. The average Bonchev–Trinajstić information content (AvgIpc) is 2.29. The summed E-state index contributed by atoms with van der Waals surface area (Å²) in [4.78, 5) is 3.52. The van der Waals surface area contributed by atoms with E-state index in [9.17, 15) is 4.39 Å². The van der Waals surface area contributed by atoms with E-state index in [2.05, 4.69) is 4.98 Å². The minimum absolute atomic E-state index is 0.0651. The molecule has 0 aliphatic rings. The Bertz CT molecular complexity index is 563. The highest BCUT2D eigenvalue weighted by atomic mass is 35.5. The van der Waals surface area contributed by atoms with Crippen molar-refractivity contribution >= 4 is 46.4 Å². The standard InChI is InChI=1S/C11H4Cl4FN/c12-7-1-5(2-8(13)10(7)15)6-3-9(14)11(16)17-4-6/h1-4H. The second kappa shape index (κ2) is 4.99. The number of halogens is 5. The molecule has 1 nitrogen and oxygen atoms in total. The minimum Gasteiger partial charge on any atom is -0.226 e. The number of pyridine rings is 1. The van der Waals surface area contributed by atoms with Gasteiger partial charge in [0.25, 0.3) is 0 Å². The maximum absolute atomic E-state index is 12.9. The predicted octanol–water partition coefficient (Wildman–Crippen LogP) is 5.50. The Labute approximate surface area is 117 Å². The molecule has 1 aromatic carbocycles. The summed E-state index contributed by atoms with van der Waals surface area (Å²) in [6.07, 6.45) is 1.34. The lowest BCUT2D eigenvalue weighted by Crippen LogP contribution is -1.87. The van der Waals surface area contributed by atoms with Crippen LogP contribution in [0, 0.1) is 5.95 Å². The molecular weight excluding hydrogens is 307 g/mol. The van der Waals surface area contributed by atoms with E-state index in [1.807, 2.05) is 0 Å². The van der Waals surface area contributed by atoms with Crippen molar-refractivity contribution in [1.82, 2.24) is 4.98 Å². The highest BCUT2D eigenvalue weighted by Gasteiger charge is 2.09. The lowest BCUT2D eigenvalue weighted by atomic mass is 10.1. The first-order valence-electron chi connectivity index (χ1n) is 4.45. The van der Waals surface area contributed by atoms with Gasteiger partial charge in [0, 0.05) is 11.8 Å². The molecule has 0 spiro atoms. The Balaban J connectivity index is 2.57. The van der Waals surface area contributed by atoms with Crippen molar-refractivity contribution in [3.8, 4) is 11.1 Å². The number of aromatic nitrogens is 1. The maximum Gasteiger partial charge on any atom is 0.231 e. The molecule has 88 valence electrons. The van der Waals surface area contributed by atoms with Crippen molar-refractivity contribution in [3.63, 3.8) is 0 Å². The molecule has 17 heavy (non-hydrogen) atoms. The predicted molar refractivity (Wildman–Crippen MR) is 69.7 cm³/mol. The van der Waals surface area contributed by atoms with E-state index in [0.29, 0.717) is 21.2 Å². The molecular formula is C11H4Cl4FN. The quantitative estimate of drug-likeness (QED) is 0.500. The molecule has 0 aliphatic heterocycles. The summed E-state index contributed by atoms with van der Waals surface area (Å²) in [5.74, 6) is -0.721. The molecule has 0 atom stereocenters. The first-order valence-corrected chi connectivity index (χ1v) is 5.96. The average molecular weight is 311 g/mol. The zero-order valence-corrected chi connectivity index (χ0v) is 11.2. The molecule has 0 saturated carbocycles. The minimum atomic E-state index is -0.721. The van der Waals surface area contributed by atoms with Crippen LogP contribution in [0.2, 0.25) is 20.1 Å². The van der Waals surface area contributed by atoms with Gasteiger partial charge in [0.15, 0.2) is 0 Å². The van der Waals surface area contributed by atoms with Crippen molar-refractivity contribution in [2.75, 3.05) is 0 Å². The lowest BCUT2D eigenvalue weighted by Gasteiger charge is -2.06. The van der Waals surface area contributed by atoms with E-state index in [4.69, 9.17) is 46.4 Å². The second-order valence-corrected chi connectivity index (χ2v) is 4.85. The van der Waals surface area contributed by atoms with Crippen LogP contribution in [0.3, 0.4) is 0 Å². The molecule has 0 unspecified atom stereocenters. The number of rotatable bonds is 1. The van der Waals surface area contributed by atoms with Gasteiger partial charge in [-0.05, 0) is 23.8 Å². The number of benzene rings is 1. The summed E-state index contributed by atoms with van der Waals surface area (Å²) in [5.41, 5.74) is 1.27. The van der Waals surface area contributed by atoms with Crippen molar-refractivity contribution in [2.45, 2.75) is 0 Å². The van der Waals surface area contributed by atoms with Gasteiger partial charge in [-0.3, -0.25) is 0 Å². The first-order chi connectivity index (χ1) is 7.99. The van der Waals surface area contributed by atoms with Gasteiger partial charge in [0.2, 0.25) is 5.95 Å². The van der Waals surface area contributed by atoms with Crippen LogP contribution in [0.1, 0.15) is 0 Å². The van der Waals surface area contributed by atoms with Crippen LogP contribution in [0.15, 0.2) is 24.4 Å². The fourth-order valence-corrected chi connectivity index (χ4v) is 2.06. The fourth-order valence-electron chi connectivity index (χ4n) is 1.30. The highest BCUT2D eigenvalue weighted by Crippen LogP contribution is 2.35. The van der Waals surface area contributed by atoms with E-state index >= 15 is 0 Å². The summed E-state index contributed by atoms with van der Waals surface area (Å²) in [5, 5.41) is 0.840. The third-order valence-corrected chi connectivity index (χ3v) is 3.58. The Kier molecular flexibility index (Phi) is 3.79. The SMILES string of the molecule is Fc1ncc(-c2cc(Cl)c(Cl)c(Cl)c2)cc1Cl. The monoisotopic (exact) mass is 309 g/mol. The first kappa shape index (κ1) is 12.9. The van der Waals surface area contributed by atoms with Gasteiger partial charge in [-0.25, -0.2) is 4.98 Å². The fraction of sp³-hybridized carbons (Fsp3) is 0. The van der Waals surface area contributed by atoms with Crippen LogP contribution in [-0.2, 0) is 0 Å². The van der Waals surface area contributed by atoms with Crippen LogP contribution < -0.4 is 0 Å². The van der Waals surface area contributed by atoms with Gasteiger partial charge in [-0.2, -0.15) is 4.39 Å². The molecule has 2 rings (SSSR count). The highest BCUT2D eigenvalue weighted by molar-refractivity contribution is 6.48. The van der Waals surface area contributed by atoms with E-state index in [1.54, 1.807) is 12.1 Å². The van der Waals surface area contributed by atoms with Gasteiger partial charge < -0.3 is 0 Å². The van der Waals surface area contributed by atoms with Gasteiger partial charge in [0.05, 0.1) is 20.1 Å². The van der Waals surface area contributed by atoms with Gasteiger partial charge >= 0.3 is 0 Å². The van der Waals surface area contributed by atoms with E-state index in [-0.39, 0.29) is 10.0 Å².